The summed E-state index contributed by atoms with van der Waals surface area (Å²) < 4.78 is 5.43. The van der Waals surface area contributed by atoms with Crippen LogP contribution < -0.4 is 10.5 Å². The van der Waals surface area contributed by atoms with Gasteiger partial charge in [-0.25, -0.2) is 0 Å². The smallest absolute Gasteiger partial charge is 0.308 e. The van der Waals surface area contributed by atoms with E-state index in [-0.39, 0.29) is 5.97 Å². The molecule has 0 atom stereocenters. The molecule has 106 valence electrons. The van der Waals surface area contributed by atoms with E-state index >= 15 is 0 Å². The fraction of sp³-hybridized carbons (Fsp3) is 0.562. The first-order valence-electron chi connectivity index (χ1n) is 7.18. The summed E-state index contributed by atoms with van der Waals surface area (Å²) in [6, 6.07) is 3.87. The molecular formula is C16H25NO2. The van der Waals surface area contributed by atoms with Crippen LogP contribution in [-0.2, 0) is 17.6 Å². The number of benzene rings is 1. The lowest BCUT2D eigenvalue weighted by Crippen LogP contribution is -2.08. The molecule has 0 aromatic heterocycles. The lowest BCUT2D eigenvalue weighted by molar-refractivity contribution is -0.132. The molecule has 1 rings (SSSR count). The van der Waals surface area contributed by atoms with Gasteiger partial charge in [-0.05, 0) is 48.9 Å². The summed E-state index contributed by atoms with van der Waals surface area (Å²) in [5.74, 6) is 0.476. The Balaban J connectivity index is 3.10. The number of unbranched alkanes of at least 4 members (excludes halogenated alkanes) is 2. The number of esters is 1. The van der Waals surface area contributed by atoms with Crippen LogP contribution in [0.3, 0.4) is 0 Å². The third-order valence-corrected chi connectivity index (χ3v) is 3.11. The molecule has 0 saturated heterocycles. The van der Waals surface area contributed by atoms with Crippen LogP contribution in [0.1, 0.15) is 57.6 Å². The molecule has 0 heterocycles. The molecule has 0 aliphatic heterocycles. The van der Waals surface area contributed by atoms with E-state index in [9.17, 15) is 4.79 Å². The number of nitrogens with two attached hydrogens (primary N) is 1. The first-order chi connectivity index (χ1) is 9.08. The van der Waals surface area contributed by atoms with Crippen molar-refractivity contribution in [2.75, 3.05) is 5.73 Å². The Labute approximate surface area is 116 Å². The predicted molar refractivity (Wildman–Crippen MR) is 79.4 cm³/mol. The highest BCUT2D eigenvalue weighted by molar-refractivity contribution is 5.71. The number of nitrogen functional groups attached to an aromatic ring is 1. The fourth-order valence-corrected chi connectivity index (χ4v) is 2.16. The van der Waals surface area contributed by atoms with Crippen LogP contribution in [0.15, 0.2) is 12.1 Å². The molecule has 0 fully saturated rings. The van der Waals surface area contributed by atoms with Crippen LogP contribution in [0.2, 0.25) is 0 Å². The van der Waals surface area contributed by atoms with Gasteiger partial charge in [0.2, 0.25) is 0 Å². The topological polar surface area (TPSA) is 52.3 Å². The van der Waals surface area contributed by atoms with Crippen molar-refractivity contribution >= 4 is 11.7 Å². The van der Waals surface area contributed by atoms with Crippen LogP contribution in [0.25, 0.3) is 0 Å². The van der Waals surface area contributed by atoms with Gasteiger partial charge in [-0.15, -0.1) is 0 Å². The largest absolute Gasteiger partial charge is 0.426 e. The average Bonchev–Trinajstić information content (AvgIpc) is 2.36. The SMILES string of the molecule is CCCCc1cc(N)cc(CCCC)c1OC(C)=O. The zero-order valence-corrected chi connectivity index (χ0v) is 12.3. The van der Waals surface area contributed by atoms with Gasteiger partial charge in [-0.2, -0.15) is 0 Å². The van der Waals surface area contributed by atoms with Gasteiger partial charge < -0.3 is 10.5 Å². The molecule has 2 N–H and O–H groups in total. The standard InChI is InChI=1S/C16H25NO2/c1-4-6-8-13-10-15(17)11-14(9-7-5-2)16(13)19-12(3)18/h10-11H,4-9,17H2,1-3H3. The molecule has 3 heteroatoms. The highest BCUT2D eigenvalue weighted by Crippen LogP contribution is 2.30. The molecule has 0 saturated carbocycles. The zero-order chi connectivity index (χ0) is 14.3. The molecule has 0 aliphatic carbocycles. The summed E-state index contributed by atoms with van der Waals surface area (Å²) in [7, 11) is 0. The van der Waals surface area contributed by atoms with Crippen molar-refractivity contribution in [3.8, 4) is 5.75 Å². The zero-order valence-electron chi connectivity index (χ0n) is 12.3. The van der Waals surface area contributed by atoms with E-state index in [4.69, 9.17) is 10.5 Å². The van der Waals surface area contributed by atoms with E-state index in [1.165, 1.54) is 6.92 Å². The average molecular weight is 263 g/mol. The maximum Gasteiger partial charge on any atom is 0.308 e. The number of rotatable bonds is 7. The summed E-state index contributed by atoms with van der Waals surface area (Å²) in [6.45, 7) is 5.75. The van der Waals surface area contributed by atoms with Crippen LogP contribution in [0.5, 0.6) is 5.75 Å². The Morgan fingerprint density at radius 2 is 1.58 bits per heavy atom. The van der Waals surface area contributed by atoms with Crippen molar-refractivity contribution < 1.29 is 9.53 Å². The van der Waals surface area contributed by atoms with E-state index in [1.807, 2.05) is 12.1 Å². The number of hydrogen-bond donors (Lipinski definition) is 1. The molecule has 0 bridgehead atoms. The number of hydrogen-bond acceptors (Lipinski definition) is 3. The van der Waals surface area contributed by atoms with Gasteiger partial charge in [0, 0.05) is 12.6 Å². The third kappa shape index (κ3) is 4.93. The minimum atomic E-state index is -0.264. The lowest BCUT2D eigenvalue weighted by atomic mass is 9.99. The van der Waals surface area contributed by atoms with Gasteiger partial charge in [0.15, 0.2) is 0 Å². The van der Waals surface area contributed by atoms with E-state index in [0.29, 0.717) is 0 Å². The van der Waals surface area contributed by atoms with E-state index < -0.39 is 0 Å². The molecule has 19 heavy (non-hydrogen) atoms. The number of carbonyl (C=O) groups is 1. The third-order valence-electron chi connectivity index (χ3n) is 3.11. The second-order valence-corrected chi connectivity index (χ2v) is 4.97. The number of carbonyl (C=O) groups excluding carboxylic acids is 1. The van der Waals surface area contributed by atoms with Crippen molar-refractivity contribution in [2.24, 2.45) is 0 Å². The second kappa shape index (κ2) is 7.82. The van der Waals surface area contributed by atoms with E-state index in [0.717, 1.165) is 61.1 Å². The van der Waals surface area contributed by atoms with Gasteiger partial charge in [0.1, 0.15) is 5.75 Å². The first kappa shape index (κ1) is 15.5. The van der Waals surface area contributed by atoms with Crippen molar-refractivity contribution in [2.45, 2.75) is 59.3 Å². The van der Waals surface area contributed by atoms with Gasteiger partial charge in [-0.1, -0.05) is 26.7 Å². The Hall–Kier alpha value is -1.51. The summed E-state index contributed by atoms with van der Waals surface area (Å²) in [4.78, 5) is 11.3. The molecular weight excluding hydrogens is 238 g/mol. The quantitative estimate of drug-likeness (QED) is 0.461. The Morgan fingerprint density at radius 1 is 1.11 bits per heavy atom. The van der Waals surface area contributed by atoms with Gasteiger partial charge in [0.05, 0.1) is 0 Å². The summed E-state index contributed by atoms with van der Waals surface area (Å²) >= 11 is 0. The van der Waals surface area contributed by atoms with Gasteiger partial charge in [-0.3, -0.25) is 4.79 Å². The maximum atomic E-state index is 11.3. The number of aryl methyl sites for hydroxylation is 2. The molecule has 1 aromatic carbocycles. The van der Waals surface area contributed by atoms with Crippen molar-refractivity contribution in [1.29, 1.82) is 0 Å². The lowest BCUT2D eigenvalue weighted by Gasteiger charge is -2.15. The second-order valence-electron chi connectivity index (χ2n) is 4.97. The summed E-state index contributed by atoms with van der Waals surface area (Å²) in [5.41, 5.74) is 8.84. The number of anilines is 1. The van der Waals surface area contributed by atoms with Crippen molar-refractivity contribution in [1.82, 2.24) is 0 Å². The van der Waals surface area contributed by atoms with Crippen LogP contribution in [-0.4, -0.2) is 5.97 Å². The first-order valence-corrected chi connectivity index (χ1v) is 7.18. The Kier molecular flexibility index (Phi) is 6.40. The van der Waals surface area contributed by atoms with Crippen molar-refractivity contribution in [3.63, 3.8) is 0 Å². The highest BCUT2D eigenvalue weighted by Gasteiger charge is 2.13. The monoisotopic (exact) mass is 263 g/mol. The minimum absolute atomic E-state index is 0.264. The fourth-order valence-electron chi connectivity index (χ4n) is 2.16. The normalized spacial score (nSPS) is 10.5. The highest BCUT2D eigenvalue weighted by atomic mass is 16.5. The van der Waals surface area contributed by atoms with Crippen LogP contribution in [0.4, 0.5) is 5.69 Å². The molecule has 0 unspecified atom stereocenters. The predicted octanol–water partition coefficient (Wildman–Crippen LogP) is 3.88. The van der Waals surface area contributed by atoms with Crippen molar-refractivity contribution in [3.05, 3.63) is 23.3 Å². The molecule has 0 spiro atoms. The van der Waals surface area contributed by atoms with Crippen LogP contribution >= 0.6 is 0 Å². The summed E-state index contributed by atoms with van der Waals surface area (Å²) in [6.07, 6.45) is 6.18. The molecule has 1 aromatic rings. The number of ether oxygens (including phenoxy) is 1. The van der Waals surface area contributed by atoms with Crippen LogP contribution in [0, 0.1) is 0 Å². The molecule has 0 aliphatic rings. The summed E-state index contributed by atoms with van der Waals surface area (Å²) in [5, 5.41) is 0. The molecule has 0 amide bonds. The van der Waals surface area contributed by atoms with E-state index in [1.54, 1.807) is 0 Å². The molecule has 0 radical (unpaired) electrons. The Bertz CT molecular complexity index is 398. The minimum Gasteiger partial charge on any atom is -0.426 e. The maximum absolute atomic E-state index is 11.3. The van der Waals surface area contributed by atoms with Gasteiger partial charge in [0.25, 0.3) is 0 Å². The molecule has 3 nitrogen and oxygen atoms in total. The van der Waals surface area contributed by atoms with Gasteiger partial charge >= 0.3 is 5.97 Å². The Morgan fingerprint density at radius 3 is 1.95 bits per heavy atom. The van der Waals surface area contributed by atoms with E-state index in [2.05, 4.69) is 13.8 Å².